The average Bonchev–Trinajstić information content (AvgIpc) is 3.74. The van der Waals surface area contributed by atoms with E-state index in [-0.39, 0.29) is 5.56 Å². The fourth-order valence-electron chi connectivity index (χ4n) is 4.15. The number of unbranched alkanes of at least 4 members (excludes halogenated alkanes) is 2. The van der Waals surface area contributed by atoms with Crippen LogP contribution in [0, 0.1) is 0 Å². The summed E-state index contributed by atoms with van der Waals surface area (Å²) in [7, 11) is 0. The lowest BCUT2D eigenvalue weighted by Crippen LogP contribution is -2.23. The number of thiazole rings is 1. The van der Waals surface area contributed by atoms with Crippen LogP contribution in [0.5, 0.6) is 5.75 Å². The molecule has 0 aliphatic carbocycles. The lowest BCUT2D eigenvalue weighted by atomic mass is 10.2. The molecule has 0 radical (unpaired) electrons. The monoisotopic (exact) mass is 539 g/mol. The Labute approximate surface area is 227 Å². The number of thiophene rings is 1. The van der Waals surface area contributed by atoms with E-state index in [1.54, 1.807) is 11.3 Å². The minimum Gasteiger partial charge on any atom is -0.494 e. The van der Waals surface area contributed by atoms with Crippen LogP contribution in [0.3, 0.4) is 0 Å². The summed E-state index contributed by atoms with van der Waals surface area (Å²) in [6.07, 6.45) is 7.21. The maximum absolute atomic E-state index is 13.3. The zero-order valence-corrected chi connectivity index (χ0v) is 22.4. The number of ether oxygens (including phenoxy) is 1. The van der Waals surface area contributed by atoms with Crippen molar-refractivity contribution in [3.63, 3.8) is 0 Å². The van der Waals surface area contributed by atoms with Crippen molar-refractivity contribution in [1.29, 1.82) is 0 Å². The summed E-state index contributed by atoms with van der Waals surface area (Å²) >= 11 is 2.94. The third-order valence-corrected chi connectivity index (χ3v) is 7.95. The van der Waals surface area contributed by atoms with Crippen LogP contribution in [0.2, 0.25) is 0 Å². The highest BCUT2D eigenvalue weighted by molar-refractivity contribution is 7.15. The summed E-state index contributed by atoms with van der Waals surface area (Å²) in [5.74, 6) is 1.35. The summed E-state index contributed by atoms with van der Waals surface area (Å²) in [6.45, 7) is 2.89. The molecule has 0 atom stereocenters. The minimum absolute atomic E-state index is 0.191. The van der Waals surface area contributed by atoms with Gasteiger partial charge < -0.3 is 4.74 Å². The van der Waals surface area contributed by atoms with E-state index in [2.05, 4.69) is 17.0 Å². The zero-order valence-electron chi connectivity index (χ0n) is 20.8. The van der Waals surface area contributed by atoms with Crippen LogP contribution in [0.25, 0.3) is 38.7 Å². The predicted octanol–water partition coefficient (Wildman–Crippen LogP) is 5.85. The van der Waals surface area contributed by atoms with E-state index >= 15 is 0 Å². The molecular formula is C29H25N5O2S2. The number of fused-ring (bicyclic) bond motifs is 1. The molecule has 0 aliphatic rings. The fraction of sp³-hybridized carbons (Fsp3) is 0.172. The summed E-state index contributed by atoms with van der Waals surface area (Å²) < 4.78 is 9.59. The minimum atomic E-state index is -0.191. The zero-order chi connectivity index (χ0) is 25.9. The molecule has 4 aromatic heterocycles. The molecule has 9 heteroatoms. The first-order valence-corrected chi connectivity index (χ1v) is 14.2. The Balaban J connectivity index is 1.32. The van der Waals surface area contributed by atoms with Crippen molar-refractivity contribution in [2.24, 2.45) is 0 Å². The topological polar surface area (TPSA) is 74.3 Å². The van der Waals surface area contributed by atoms with Crippen LogP contribution in [0.4, 0.5) is 0 Å². The van der Waals surface area contributed by atoms with Gasteiger partial charge in [0.1, 0.15) is 11.4 Å². The van der Waals surface area contributed by atoms with Gasteiger partial charge in [-0.05, 0) is 60.3 Å². The Hall–Kier alpha value is -4.08. The molecule has 6 aromatic rings. The van der Waals surface area contributed by atoms with Crippen LogP contribution < -0.4 is 14.8 Å². The number of hydrogen-bond acceptors (Lipinski definition) is 7. The van der Waals surface area contributed by atoms with Crippen LogP contribution in [-0.4, -0.2) is 31.0 Å². The second-order valence-corrected chi connectivity index (χ2v) is 10.8. The first kappa shape index (κ1) is 24.3. The molecule has 0 N–H and O–H groups in total. The molecule has 0 aliphatic heterocycles. The molecule has 0 unspecified atom stereocenters. The van der Waals surface area contributed by atoms with Gasteiger partial charge >= 0.3 is 0 Å². The van der Waals surface area contributed by atoms with Crippen LogP contribution in [0.15, 0.2) is 83.1 Å². The van der Waals surface area contributed by atoms with Gasteiger partial charge in [0, 0.05) is 17.3 Å². The van der Waals surface area contributed by atoms with Crippen molar-refractivity contribution in [2.45, 2.75) is 26.2 Å². The summed E-state index contributed by atoms with van der Waals surface area (Å²) in [5.41, 5.74) is 3.31. The second-order valence-electron chi connectivity index (χ2n) is 8.82. The van der Waals surface area contributed by atoms with Gasteiger partial charge in [0.2, 0.25) is 4.96 Å². The first-order valence-electron chi connectivity index (χ1n) is 12.5. The van der Waals surface area contributed by atoms with Gasteiger partial charge in [-0.25, -0.2) is 4.68 Å². The van der Waals surface area contributed by atoms with Gasteiger partial charge in [-0.2, -0.15) is 14.6 Å². The van der Waals surface area contributed by atoms with Gasteiger partial charge in [0.15, 0.2) is 5.82 Å². The molecule has 38 heavy (non-hydrogen) atoms. The smallest absolute Gasteiger partial charge is 0.291 e. The average molecular weight is 540 g/mol. The van der Waals surface area contributed by atoms with Crippen LogP contribution in [-0.2, 0) is 0 Å². The molecule has 0 saturated heterocycles. The standard InChI is InChI=1S/C29H25N5O2S2/c1-2-3-7-16-36-23-14-12-20(13-15-23)27-30-29-34(32-27)28(35)25(38-29)18-21-19-33(22-9-5-4-6-10-22)31-26(21)24-11-8-17-37-24/h4-6,8-15,17-19H,2-3,7,16H2,1H3/b25-18-. The molecule has 6 rings (SSSR count). The van der Waals surface area contributed by atoms with E-state index in [1.165, 1.54) is 22.3 Å². The number of aromatic nitrogens is 5. The maximum Gasteiger partial charge on any atom is 0.291 e. The SMILES string of the molecule is CCCCCOc1ccc(-c2nc3s/c(=C\c4cn(-c5ccccc5)nc4-c4cccs4)c(=O)n3n2)cc1. The van der Waals surface area contributed by atoms with Crippen molar-refractivity contribution >= 4 is 33.7 Å². The lowest BCUT2D eigenvalue weighted by molar-refractivity contribution is 0.306. The number of nitrogens with zero attached hydrogens (tertiary/aromatic N) is 5. The van der Waals surface area contributed by atoms with E-state index in [0.717, 1.165) is 46.0 Å². The van der Waals surface area contributed by atoms with Crippen molar-refractivity contribution in [2.75, 3.05) is 6.61 Å². The predicted molar refractivity (Wildman–Crippen MR) is 153 cm³/mol. The number of benzene rings is 2. The molecule has 0 amide bonds. The van der Waals surface area contributed by atoms with Gasteiger partial charge in [-0.15, -0.1) is 16.4 Å². The highest BCUT2D eigenvalue weighted by Crippen LogP contribution is 2.28. The quantitative estimate of drug-likeness (QED) is 0.216. The molecule has 190 valence electrons. The Morgan fingerprint density at radius 1 is 0.974 bits per heavy atom. The third kappa shape index (κ3) is 4.90. The third-order valence-electron chi connectivity index (χ3n) is 6.12. The molecule has 0 bridgehead atoms. The van der Waals surface area contributed by atoms with Crippen molar-refractivity contribution in [3.8, 4) is 33.4 Å². The first-order chi connectivity index (χ1) is 18.7. The van der Waals surface area contributed by atoms with E-state index in [4.69, 9.17) is 9.84 Å². The Morgan fingerprint density at radius 3 is 2.55 bits per heavy atom. The number of para-hydroxylation sites is 1. The molecule has 0 saturated carbocycles. The Kier molecular flexibility index (Phi) is 6.85. The van der Waals surface area contributed by atoms with Crippen LogP contribution in [0.1, 0.15) is 31.7 Å². The van der Waals surface area contributed by atoms with E-state index < -0.39 is 0 Å². The summed E-state index contributed by atoms with van der Waals surface area (Å²) in [4.78, 5) is 19.5. The van der Waals surface area contributed by atoms with Gasteiger partial charge in [-0.3, -0.25) is 4.79 Å². The van der Waals surface area contributed by atoms with Crippen LogP contribution >= 0.6 is 22.7 Å². The molecule has 2 aromatic carbocycles. The van der Waals surface area contributed by atoms with E-state index in [9.17, 15) is 4.79 Å². The Morgan fingerprint density at radius 2 is 1.82 bits per heavy atom. The highest BCUT2D eigenvalue weighted by atomic mass is 32.1. The lowest BCUT2D eigenvalue weighted by Gasteiger charge is -2.05. The maximum atomic E-state index is 13.3. The molecule has 0 spiro atoms. The van der Waals surface area contributed by atoms with E-state index in [1.807, 2.05) is 89.1 Å². The highest BCUT2D eigenvalue weighted by Gasteiger charge is 2.15. The molecule has 7 nitrogen and oxygen atoms in total. The molecular weight excluding hydrogens is 514 g/mol. The number of rotatable bonds is 9. The summed E-state index contributed by atoms with van der Waals surface area (Å²) in [5, 5.41) is 11.4. The van der Waals surface area contributed by atoms with Gasteiger partial charge in [-0.1, -0.05) is 55.4 Å². The van der Waals surface area contributed by atoms with Crippen molar-refractivity contribution < 1.29 is 4.74 Å². The largest absolute Gasteiger partial charge is 0.494 e. The summed E-state index contributed by atoms with van der Waals surface area (Å²) in [6, 6.07) is 21.7. The van der Waals surface area contributed by atoms with E-state index in [0.29, 0.717) is 21.9 Å². The van der Waals surface area contributed by atoms with Crippen molar-refractivity contribution in [3.05, 3.63) is 98.8 Å². The van der Waals surface area contributed by atoms with Crippen molar-refractivity contribution in [1.82, 2.24) is 24.4 Å². The molecule has 4 heterocycles. The Bertz CT molecular complexity index is 1770. The number of hydrogen-bond donors (Lipinski definition) is 0. The molecule has 0 fully saturated rings. The normalized spacial score (nSPS) is 12.0. The fourth-order valence-corrected chi connectivity index (χ4v) is 5.78. The second kappa shape index (κ2) is 10.7. The van der Waals surface area contributed by atoms with Gasteiger partial charge in [0.05, 0.1) is 21.7 Å². The van der Waals surface area contributed by atoms with Gasteiger partial charge in [0.25, 0.3) is 5.56 Å².